The van der Waals surface area contributed by atoms with E-state index in [9.17, 15) is 9.59 Å². The third kappa shape index (κ3) is 6.82. The summed E-state index contributed by atoms with van der Waals surface area (Å²) in [6.07, 6.45) is 4.79. The number of imidazole rings is 1. The van der Waals surface area contributed by atoms with E-state index in [1.807, 2.05) is 45.0 Å². The summed E-state index contributed by atoms with van der Waals surface area (Å²) < 4.78 is 5.61. The van der Waals surface area contributed by atoms with E-state index in [2.05, 4.69) is 30.2 Å². The minimum Gasteiger partial charge on any atom is -0.444 e. The number of hydrogen-bond acceptors (Lipinski definition) is 8. The molecule has 0 saturated carbocycles. The Hall–Kier alpha value is -3.86. The summed E-state index contributed by atoms with van der Waals surface area (Å²) in [6.45, 7) is 6.38. The SMILES string of the molecule is CC(C)(C)OC(=O)N(CCc1nc(C(=O)NCc2cnccn2)cs1)Cc1nc2ccccc2[nH]1. The van der Waals surface area contributed by atoms with E-state index < -0.39 is 11.7 Å². The molecule has 2 N–H and O–H groups in total. The van der Waals surface area contributed by atoms with Gasteiger partial charge >= 0.3 is 6.09 Å². The highest BCUT2D eigenvalue weighted by Crippen LogP contribution is 2.17. The van der Waals surface area contributed by atoms with E-state index in [1.165, 1.54) is 11.3 Å². The summed E-state index contributed by atoms with van der Waals surface area (Å²) in [4.78, 5) is 47.3. The normalized spacial score (nSPS) is 11.4. The average Bonchev–Trinajstić information content (AvgIpc) is 3.46. The maximum Gasteiger partial charge on any atom is 0.410 e. The van der Waals surface area contributed by atoms with Crippen LogP contribution >= 0.6 is 11.3 Å². The van der Waals surface area contributed by atoms with Crippen LogP contribution in [0.2, 0.25) is 0 Å². The molecule has 2 amide bonds. The molecule has 0 saturated heterocycles. The van der Waals surface area contributed by atoms with E-state index in [-0.39, 0.29) is 19.0 Å². The minimum absolute atomic E-state index is 0.264. The van der Waals surface area contributed by atoms with Gasteiger partial charge in [0.15, 0.2) is 0 Å². The first-order valence-electron chi connectivity index (χ1n) is 11.2. The smallest absolute Gasteiger partial charge is 0.410 e. The zero-order valence-electron chi connectivity index (χ0n) is 19.8. The molecule has 0 aliphatic carbocycles. The largest absolute Gasteiger partial charge is 0.444 e. The molecular weight excluding hydrogens is 466 g/mol. The van der Waals surface area contributed by atoms with E-state index in [0.29, 0.717) is 30.2 Å². The lowest BCUT2D eigenvalue weighted by Gasteiger charge is -2.26. The molecule has 0 unspecified atom stereocenters. The van der Waals surface area contributed by atoms with Gasteiger partial charge in [0.2, 0.25) is 0 Å². The second kappa shape index (κ2) is 10.6. The summed E-state index contributed by atoms with van der Waals surface area (Å²) >= 11 is 1.37. The number of aromatic amines is 1. The van der Waals surface area contributed by atoms with Gasteiger partial charge in [0.1, 0.15) is 17.1 Å². The van der Waals surface area contributed by atoms with E-state index in [1.54, 1.807) is 28.9 Å². The number of H-pyrrole nitrogens is 1. The standard InChI is InChI=1S/C24H27N7O3S/c1-24(2,3)34-23(33)31(14-20-28-17-6-4-5-7-18(17)29-20)11-8-21-30-19(15-35-21)22(32)27-13-16-12-25-9-10-26-16/h4-7,9-10,12,15H,8,11,13-14H2,1-3H3,(H,27,32)(H,28,29). The van der Waals surface area contributed by atoms with Crippen molar-refractivity contribution in [2.24, 2.45) is 0 Å². The maximum absolute atomic E-state index is 12.9. The molecule has 11 heteroatoms. The van der Waals surface area contributed by atoms with Gasteiger partial charge < -0.3 is 19.9 Å². The molecule has 3 aromatic heterocycles. The number of fused-ring (bicyclic) bond motifs is 1. The van der Waals surface area contributed by atoms with E-state index in [4.69, 9.17) is 4.74 Å². The number of nitrogens with zero attached hydrogens (tertiary/aromatic N) is 5. The van der Waals surface area contributed by atoms with Crippen LogP contribution in [0.25, 0.3) is 11.0 Å². The zero-order valence-corrected chi connectivity index (χ0v) is 20.6. The van der Waals surface area contributed by atoms with Gasteiger partial charge in [-0.1, -0.05) is 12.1 Å². The van der Waals surface area contributed by atoms with Gasteiger partial charge in [-0.25, -0.2) is 14.8 Å². The van der Waals surface area contributed by atoms with Crippen LogP contribution in [-0.4, -0.2) is 54.0 Å². The molecule has 1 aromatic carbocycles. The van der Waals surface area contributed by atoms with Crippen LogP contribution in [-0.2, 0) is 24.2 Å². The van der Waals surface area contributed by atoms with Crippen LogP contribution in [0.1, 0.15) is 47.8 Å². The molecule has 0 atom stereocenters. The highest BCUT2D eigenvalue weighted by atomic mass is 32.1. The van der Waals surface area contributed by atoms with Gasteiger partial charge in [-0.15, -0.1) is 11.3 Å². The predicted octanol–water partition coefficient (Wildman–Crippen LogP) is 3.72. The van der Waals surface area contributed by atoms with Gasteiger partial charge in [-0.2, -0.15) is 0 Å². The monoisotopic (exact) mass is 493 g/mol. The van der Waals surface area contributed by atoms with Crippen molar-refractivity contribution in [1.82, 2.24) is 35.1 Å². The summed E-state index contributed by atoms with van der Waals surface area (Å²) in [5, 5.41) is 5.24. The fraction of sp³-hybridized carbons (Fsp3) is 0.333. The van der Waals surface area contributed by atoms with Gasteiger partial charge in [-0.05, 0) is 32.9 Å². The highest BCUT2D eigenvalue weighted by molar-refractivity contribution is 7.09. The van der Waals surface area contributed by atoms with Crippen LogP contribution < -0.4 is 5.32 Å². The van der Waals surface area contributed by atoms with Crippen molar-refractivity contribution >= 4 is 34.4 Å². The van der Waals surface area contributed by atoms with Gasteiger partial charge in [0, 0.05) is 30.7 Å². The number of rotatable bonds is 8. The molecule has 0 bridgehead atoms. The molecule has 0 fully saturated rings. The van der Waals surface area contributed by atoms with Gasteiger partial charge in [0.05, 0.1) is 41.0 Å². The van der Waals surface area contributed by atoms with Crippen molar-refractivity contribution in [2.45, 2.75) is 45.9 Å². The van der Waals surface area contributed by atoms with Crippen molar-refractivity contribution in [2.75, 3.05) is 6.54 Å². The third-order valence-electron chi connectivity index (χ3n) is 4.86. The highest BCUT2D eigenvalue weighted by Gasteiger charge is 2.24. The first kappa shape index (κ1) is 24.3. The first-order chi connectivity index (χ1) is 16.8. The summed E-state index contributed by atoms with van der Waals surface area (Å²) in [7, 11) is 0. The zero-order chi connectivity index (χ0) is 24.8. The second-order valence-electron chi connectivity index (χ2n) is 8.86. The Morgan fingerprint density at radius 2 is 2.00 bits per heavy atom. The molecule has 182 valence electrons. The molecule has 0 spiro atoms. The molecule has 0 aliphatic heterocycles. The van der Waals surface area contributed by atoms with E-state index in [0.717, 1.165) is 16.0 Å². The summed E-state index contributed by atoms with van der Waals surface area (Å²) in [5.41, 5.74) is 2.11. The third-order valence-corrected chi connectivity index (χ3v) is 5.77. The molecule has 4 rings (SSSR count). The Balaban J connectivity index is 1.40. The van der Waals surface area contributed by atoms with Crippen molar-refractivity contribution in [3.8, 4) is 0 Å². The Labute approximate surface area is 206 Å². The number of benzene rings is 1. The Morgan fingerprint density at radius 1 is 1.17 bits per heavy atom. The first-order valence-corrected chi connectivity index (χ1v) is 12.0. The predicted molar refractivity (Wildman–Crippen MR) is 132 cm³/mol. The van der Waals surface area contributed by atoms with Crippen molar-refractivity contribution in [3.05, 3.63) is 70.5 Å². The molecule has 0 radical (unpaired) electrons. The quantitative estimate of drug-likeness (QED) is 0.383. The number of thiazole rings is 1. The molecular formula is C24H27N7O3S. The lowest BCUT2D eigenvalue weighted by molar-refractivity contribution is 0.0231. The van der Waals surface area contributed by atoms with E-state index >= 15 is 0 Å². The van der Waals surface area contributed by atoms with Crippen molar-refractivity contribution in [3.63, 3.8) is 0 Å². The number of nitrogens with one attached hydrogen (secondary N) is 2. The molecule has 35 heavy (non-hydrogen) atoms. The Bertz CT molecular complexity index is 1260. The molecule has 4 aromatic rings. The molecule has 0 aliphatic rings. The number of amides is 2. The number of aromatic nitrogens is 5. The number of carbonyl (C=O) groups is 2. The average molecular weight is 494 g/mol. The fourth-order valence-electron chi connectivity index (χ4n) is 3.27. The van der Waals surface area contributed by atoms with Gasteiger partial charge in [0.25, 0.3) is 5.91 Å². The van der Waals surface area contributed by atoms with Crippen LogP contribution in [0, 0.1) is 0 Å². The molecule has 10 nitrogen and oxygen atoms in total. The van der Waals surface area contributed by atoms with Crippen LogP contribution in [0.15, 0.2) is 48.2 Å². The van der Waals surface area contributed by atoms with Crippen LogP contribution in [0.3, 0.4) is 0 Å². The number of carbonyl (C=O) groups excluding carboxylic acids is 2. The Kier molecular flexibility index (Phi) is 7.35. The fourth-order valence-corrected chi connectivity index (χ4v) is 4.03. The van der Waals surface area contributed by atoms with Crippen LogP contribution in [0.4, 0.5) is 4.79 Å². The lowest BCUT2D eigenvalue weighted by atomic mass is 10.2. The van der Waals surface area contributed by atoms with Gasteiger partial charge in [-0.3, -0.25) is 14.8 Å². The molecule has 3 heterocycles. The minimum atomic E-state index is -0.626. The number of hydrogen-bond donors (Lipinski definition) is 2. The lowest BCUT2D eigenvalue weighted by Crippen LogP contribution is -2.38. The number of para-hydroxylation sites is 2. The Morgan fingerprint density at radius 3 is 2.74 bits per heavy atom. The maximum atomic E-state index is 12.9. The number of ether oxygens (including phenoxy) is 1. The summed E-state index contributed by atoms with van der Waals surface area (Å²) in [6, 6.07) is 7.71. The van der Waals surface area contributed by atoms with Crippen LogP contribution in [0.5, 0.6) is 0 Å². The van der Waals surface area contributed by atoms with Crippen molar-refractivity contribution in [1.29, 1.82) is 0 Å². The van der Waals surface area contributed by atoms with Crippen molar-refractivity contribution < 1.29 is 14.3 Å². The topological polar surface area (TPSA) is 126 Å². The summed E-state index contributed by atoms with van der Waals surface area (Å²) in [5.74, 6) is 0.379. The second-order valence-corrected chi connectivity index (χ2v) is 9.80.